The standard InChI is InChI=1S/C16H33N3O2/c1-6-17-16(3,15(20)21-5)13-14(2)18(4)11-12-19-9-7-8-10-19/h14,17H,6-13H2,1-5H3. The first kappa shape index (κ1) is 18.4. The van der Waals surface area contributed by atoms with E-state index in [4.69, 9.17) is 4.74 Å². The van der Waals surface area contributed by atoms with Crippen LogP contribution in [0.15, 0.2) is 0 Å². The average molecular weight is 299 g/mol. The summed E-state index contributed by atoms with van der Waals surface area (Å²) in [6, 6.07) is 0.329. The molecule has 0 aromatic heterocycles. The Bertz CT molecular complexity index is 319. The lowest BCUT2D eigenvalue weighted by atomic mass is 9.93. The number of likely N-dealkylation sites (tertiary alicyclic amines) is 1. The molecule has 5 nitrogen and oxygen atoms in total. The molecule has 1 fully saturated rings. The number of likely N-dealkylation sites (N-methyl/N-ethyl adjacent to an activating group) is 2. The van der Waals surface area contributed by atoms with Gasteiger partial charge in [0.05, 0.1) is 7.11 Å². The van der Waals surface area contributed by atoms with E-state index in [-0.39, 0.29) is 5.97 Å². The van der Waals surface area contributed by atoms with Gasteiger partial charge < -0.3 is 19.9 Å². The van der Waals surface area contributed by atoms with Crippen molar-refractivity contribution in [3.8, 4) is 0 Å². The first-order valence-corrected chi connectivity index (χ1v) is 8.19. The van der Waals surface area contributed by atoms with Crippen LogP contribution >= 0.6 is 0 Å². The topological polar surface area (TPSA) is 44.8 Å². The number of hydrogen-bond acceptors (Lipinski definition) is 5. The number of methoxy groups -OCH3 is 1. The van der Waals surface area contributed by atoms with E-state index in [0.29, 0.717) is 6.04 Å². The largest absolute Gasteiger partial charge is 0.468 e. The van der Waals surface area contributed by atoms with Gasteiger partial charge in [0.1, 0.15) is 5.54 Å². The maximum absolute atomic E-state index is 12.0. The second kappa shape index (κ2) is 8.71. The minimum Gasteiger partial charge on any atom is -0.468 e. The van der Waals surface area contributed by atoms with Crippen LogP contribution in [0.2, 0.25) is 0 Å². The highest BCUT2D eigenvalue weighted by molar-refractivity contribution is 5.80. The first-order valence-electron chi connectivity index (χ1n) is 8.19. The van der Waals surface area contributed by atoms with Crippen LogP contribution in [0.3, 0.4) is 0 Å². The summed E-state index contributed by atoms with van der Waals surface area (Å²) >= 11 is 0. The molecule has 21 heavy (non-hydrogen) atoms. The molecule has 124 valence electrons. The molecule has 1 rings (SSSR count). The van der Waals surface area contributed by atoms with Crippen molar-refractivity contribution >= 4 is 5.97 Å². The highest BCUT2D eigenvalue weighted by Crippen LogP contribution is 2.18. The Morgan fingerprint density at radius 1 is 1.43 bits per heavy atom. The minimum absolute atomic E-state index is 0.177. The van der Waals surface area contributed by atoms with Gasteiger partial charge >= 0.3 is 5.97 Å². The van der Waals surface area contributed by atoms with Crippen molar-refractivity contribution in [1.29, 1.82) is 0 Å². The molecule has 2 atom stereocenters. The van der Waals surface area contributed by atoms with E-state index in [1.54, 1.807) is 0 Å². The van der Waals surface area contributed by atoms with E-state index in [2.05, 4.69) is 29.1 Å². The predicted molar refractivity (Wildman–Crippen MR) is 86.5 cm³/mol. The van der Waals surface area contributed by atoms with E-state index >= 15 is 0 Å². The summed E-state index contributed by atoms with van der Waals surface area (Å²) in [5, 5.41) is 3.28. The predicted octanol–water partition coefficient (Wildman–Crippen LogP) is 1.33. The van der Waals surface area contributed by atoms with Crippen LogP contribution in [0, 0.1) is 0 Å². The zero-order valence-electron chi connectivity index (χ0n) is 14.4. The third-order valence-corrected chi connectivity index (χ3v) is 4.63. The zero-order valence-corrected chi connectivity index (χ0v) is 14.4. The number of carbonyl (C=O) groups is 1. The second-order valence-corrected chi connectivity index (χ2v) is 6.44. The molecule has 0 bridgehead atoms. The Morgan fingerprint density at radius 2 is 2.05 bits per heavy atom. The molecule has 1 saturated heterocycles. The number of nitrogens with zero attached hydrogens (tertiary/aromatic N) is 2. The summed E-state index contributed by atoms with van der Waals surface area (Å²) in [5.74, 6) is -0.177. The molecule has 0 aliphatic carbocycles. The summed E-state index contributed by atoms with van der Waals surface area (Å²) in [4.78, 5) is 16.9. The van der Waals surface area contributed by atoms with Crippen LogP contribution in [-0.2, 0) is 9.53 Å². The third kappa shape index (κ3) is 5.57. The molecule has 1 aliphatic heterocycles. The Hall–Kier alpha value is -0.650. The molecule has 1 aliphatic rings. The Balaban J connectivity index is 2.47. The maximum atomic E-state index is 12.0. The average Bonchev–Trinajstić information content (AvgIpc) is 2.97. The second-order valence-electron chi connectivity index (χ2n) is 6.44. The van der Waals surface area contributed by atoms with Gasteiger partial charge in [0, 0.05) is 19.1 Å². The van der Waals surface area contributed by atoms with Crippen LogP contribution in [0.5, 0.6) is 0 Å². The molecule has 0 aromatic carbocycles. The SMILES string of the molecule is CCNC(C)(CC(C)N(C)CCN1CCCC1)C(=O)OC. The van der Waals surface area contributed by atoms with Crippen molar-refractivity contribution in [3.63, 3.8) is 0 Å². The lowest BCUT2D eigenvalue weighted by Gasteiger charge is -2.34. The van der Waals surface area contributed by atoms with Crippen LogP contribution in [0.1, 0.15) is 40.0 Å². The smallest absolute Gasteiger partial charge is 0.325 e. The fourth-order valence-electron chi connectivity index (χ4n) is 3.12. The number of ether oxygens (including phenoxy) is 1. The molecule has 2 unspecified atom stereocenters. The molecular formula is C16H33N3O2. The van der Waals surface area contributed by atoms with Crippen LogP contribution < -0.4 is 5.32 Å². The molecule has 0 spiro atoms. The van der Waals surface area contributed by atoms with Crippen molar-refractivity contribution < 1.29 is 9.53 Å². The molecule has 1 heterocycles. The summed E-state index contributed by atoms with van der Waals surface area (Å²) < 4.78 is 4.96. The highest BCUT2D eigenvalue weighted by Gasteiger charge is 2.35. The van der Waals surface area contributed by atoms with Gasteiger partial charge in [-0.15, -0.1) is 0 Å². The highest BCUT2D eigenvalue weighted by atomic mass is 16.5. The van der Waals surface area contributed by atoms with Crippen molar-refractivity contribution in [2.45, 2.75) is 51.6 Å². The maximum Gasteiger partial charge on any atom is 0.325 e. The summed E-state index contributed by atoms with van der Waals surface area (Å²) in [6.07, 6.45) is 3.42. The van der Waals surface area contributed by atoms with Gasteiger partial charge in [0.25, 0.3) is 0 Å². The number of esters is 1. The van der Waals surface area contributed by atoms with E-state index in [1.165, 1.54) is 33.0 Å². The lowest BCUT2D eigenvalue weighted by molar-refractivity contribution is -0.148. The van der Waals surface area contributed by atoms with Gasteiger partial charge in [0.2, 0.25) is 0 Å². The zero-order chi connectivity index (χ0) is 15.9. The summed E-state index contributed by atoms with van der Waals surface area (Å²) in [6.45, 7) is 11.5. The minimum atomic E-state index is -0.606. The van der Waals surface area contributed by atoms with Crippen molar-refractivity contribution in [2.24, 2.45) is 0 Å². The molecule has 0 amide bonds. The molecule has 1 N–H and O–H groups in total. The van der Waals surface area contributed by atoms with E-state index in [9.17, 15) is 4.79 Å². The van der Waals surface area contributed by atoms with Crippen LogP contribution in [-0.4, -0.2) is 74.2 Å². The van der Waals surface area contributed by atoms with Gasteiger partial charge in [-0.25, -0.2) is 0 Å². The van der Waals surface area contributed by atoms with Crippen LogP contribution in [0.4, 0.5) is 0 Å². The number of hydrogen-bond donors (Lipinski definition) is 1. The third-order valence-electron chi connectivity index (χ3n) is 4.63. The quantitative estimate of drug-likeness (QED) is 0.651. The van der Waals surface area contributed by atoms with Gasteiger partial charge in [-0.05, 0) is 59.8 Å². The Morgan fingerprint density at radius 3 is 2.57 bits per heavy atom. The summed E-state index contributed by atoms with van der Waals surface area (Å²) in [7, 11) is 3.60. The molecule has 0 saturated carbocycles. The number of carbonyl (C=O) groups excluding carboxylic acids is 1. The Labute approximate surface area is 130 Å². The fraction of sp³-hybridized carbons (Fsp3) is 0.938. The molecular weight excluding hydrogens is 266 g/mol. The lowest BCUT2D eigenvalue weighted by Crippen LogP contribution is -2.54. The number of rotatable bonds is 9. The number of nitrogens with one attached hydrogen (secondary N) is 1. The summed E-state index contributed by atoms with van der Waals surface area (Å²) in [5.41, 5.74) is -0.606. The molecule has 5 heteroatoms. The monoisotopic (exact) mass is 299 g/mol. The van der Waals surface area contributed by atoms with E-state index in [1.807, 2.05) is 13.8 Å². The van der Waals surface area contributed by atoms with Gasteiger partial charge in [-0.3, -0.25) is 4.79 Å². The molecule has 0 radical (unpaired) electrons. The Kier molecular flexibility index (Phi) is 7.63. The first-order chi connectivity index (χ1) is 9.92. The van der Waals surface area contributed by atoms with Crippen molar-refractivity contribution in [3.05, 3.63) is 0 Å². The van der Waals surface area contributed by atoms with Crippen LogP contribution in [0.25, 0.3) is 0 Å². The van der Waals surface area contributed by atoms with Gasteiger partial charge in [-0.1, -0.05) is 6.92 Å². The van der Waals surface area contributed by atoms with Gasteiger partial charge in [0.15, 0.2) is 0 Å². The van der Waals surface area contributed by atoms with E-state index in [0.717, 1.165) is 26.1 Å². The normalized spacial score (nSPS) is 20.5. The fourth-order valence-corrected chi connectivity index (χ4v) is 3.12. The van der Waals surface area contributed by atoms with Crippen molar-refractivity contribution in [1.82, 2.24) is 15.1 Å². The van der Waals surface area contributed by atoms with E-state index < -0.39 is 5.54 Å². The van der Waals surface area contributed by atoms with Crippen molar-refractivity contribution in [2.75, 3.05) is 46.9 Å². The van der Waals surface area contributed by atoms with Gasteiger partial charge in [-0.2, -0.15) is 0 Å². The molecule has 0 aromatic rings.